The lowest BCUT2D eigenvalue weighted by molar-refractivity contribution is -0.245. The molecule has 1 aromatic rings. The molecule has 1 fully saturated rings. The first kappa shape index (κ1) is 16.4. The zero-order chi connectivity index (χ0) is 16.4. The zero-order valence-corrected chi connectivity index (χ0v) is 13.5. The maximum absolute atomic E-state index is 12.3. The van der Waals surface area contributed by atoms with Crippen molar-refractivity contribution in [2.24, 2.45) is 11.1 Å². The number of carbonyl (C=O) groups is 1. The summed E-state index contributed by atoms with van der Waals surface area (Å²) in [6.07, 6.45) is 6.17. The van der Waals surface area contributed by atoms with Crippen molar-refractivity contribution in [3.63, 3.8) is 0 Å². The minimum Gasteiger partial charge on any atom is -0.411 e. The van der Waals surface area contributed by atoms with Gasteiger partial charge < -0.3 is 10.0 Å². The topological polar surface area (TPSA) is 75.0 Å². The van der Waals surface area contributed by atoms with Gasteiger partial charge in [0.25, 0.3) is 0 Å². The molecule has 0 unspecified atom stereocenters. The quantitative estimate of drug-likeness (QED) is 0.528. The van der Waals surface area contributed by atoms with Crippen LogP contribution in [0, 0.1) is 5.92 Å². The summed E-state index contributed by atoms with van der Waals surface area (Å²) < 4.78 is 0. The maximum Gasteiger partial charge on any atom is 0.357 e. The van der Waals surface area contributed by atoms with Gasteiger partial charge in [0.2, 0.25) is 0 Å². The van der Waals surface area contributed by atoms with Crippen LogP contribution in [0.15, 0.2) is 29.7 Å². The molecule has 6 heteroatoms. The molecular weight excluding hydrogens is 282 g/mol. The van der Waals surface area contributed by atoms with E-state index in [1.165, 1.54) is 0 Å². The molecule has 0 spiro atoms. The van der Waals surface area contributed by atoms with Crippen LogP contribution in [-0.4, -0.2) is 38.5 Å². The van der Waals surface area contributed by atoms with Crippen LogP contribution in [0.4, 0.5) is 0 Å². The van der Waals surface area contributed by atoms with Gasteiger partial charge in [-0.05, 0) is 52.7 Å². The highest BCUT2D eigenvalue weighted by atomic mass is 16.7. The van der Waals surface area contributed by atoms with E-state index in [4.69, 9.17) is 10.0 Å². The van der Waals surface area contributed by atoms with Crippen LogP contribution < -0.4 is 0 Å². The fourth-order valence-corrected chi connectivity index (χ4v) is 3.41. The number of piperidine rings is 1. The fraction of sp³-hybridized carbons (Fsp3) is 0.562. The molecule has 0 bridgehead atoms. The molecule has 2 rings (SSSR count). The Morgan fingerprint density at radius 3 is 2.36 bits per heavy atom. The zero-order valence-electron chi connectivity index (χ0n) is 13.5. The Morgan fingerprint density at radius 2 is 1.86 bits per heavy atom. The van der Waals surface area contributed by atoms with Gasteiger partial charge in [-0.3, -0.25) is 4.98 Å². The Bertz CT molecular complexity index is 537. The molecule has 1 aliphatic heterocycles. The van der Waals surface area contributed by atoms with E-state index in [1.807, 2.05) is 27.7 Å². The van der Waals surface area contributed by atoms with Gasteiger partial charge in [-0.25, -0.2) is 4.79 Å². The molecule has 0 aromatic carbocycles. The molecule has 1 N–H and O–H groups in total. The predicted octanol–water partition coefficient (Wildman–Crippen LogP) is 2.88. The molecule has 22 heavy (non-hydrogen) atoms. The van der Waals surface area contributed by atoms with Gasteiger partial charge in [0.1, 0.15) is 0 Å². The lowest BCUT2D eigenvalue weighted by Crippen LogP contribution is -2.61. The third kappa shape index (κ3) is 3.44. The summed E-state index contributed by atoms with van der Waals surface area (Å²) in [6.45, 7) is 8.08. The standard InChI is InChI=1S/C16H23N3O3/c1-15(2)9-12(11-18-21)10-16(3,4)19(15)22-14(20)13-5-7-17-8-6-13/h5-8,11-12,21H,9-10H2,1-4H3/b18-11-. The third-order valence-electron chi connectivity index (χ3n) is 3.99. The van der Waals surface area contributed by atoms with Gasteiger partial charge in [-0.15, -0.1) is 10.2 Å². The summed E-state index contributed by atoms with van der Waals surface area (Å²) in [5.41, 5.74) is -0.257. The number of carbonyl (C=O) groups excluding carboxylic acids is 1. The average molecular weight is 305 g/mol. The van der Waals surface area contributed by atoms with Crippen molar-refractivity contribution in [3.8, 4) is 0 Å². The fourth-order valence-electron chi connectivity index (χ4n) is 3.41. The van der Waals surface area contributed by atoms with Gasteiger partial charge >= 0.3 is 5.97 Å². The molecule has 0 saturated carbocycles. The largest absolute Gasteiger partial charge is 0.411 e. The van der Waals surface area contributed by atoms with Crippen molar-refractivity contribution in [2.45, 2.75) is 51.6 Å². The van der Waals surface area contributed by atoms with Crippen LogP contribution in [0.2, 0.25) is 0 Å². The van der Waals surface area contributed by atoms with E-state index in [1.54, 1.807) is 35.8 Å². The van der Waals surface area contributed by atoms with Crippen molar-refractivity contribution in [3.05, 3.63) is 30.1 Å². The van der Waals surface area contributed by atoms with Crippen LogP contribution in [0.5, 0.6) is 0 Å². The van der Waals surface area contributed by atoms with Crippen LogP contribution in [-0.2, 0) is 4.84 Å². The number of hydrogen-bond acceptors (Lipinski definition) is 6. The highest BCUT2D eigenvalue weighted by Gasteiger charge is 2.47. The number of nitrogens with zero attached hydrogens (tertiary/aromatic N) is 3. The van der Waals surface area contributed by atoms with E-state index in [-0.39, 0.29) is 17.0 Å². The SMILES string of the molecule is CC1(C)CC(/C=N\O)CC(C)(C)N1OC(=O)c1ccncc1. The molecule has 1 aromatic heterocycles. The molecule has 2 heterocycles. The van der Waals surface area contributed by atoms with Gasteiger partial charge in [0, 0.05) is 24.5 Å². The van der Waals surface area contributed by atoms with Gasteiger partial charge in [0.05, 0.1) is 16.6 Å². The summed E-state index contributed by atoms with van der Waals surface area (Å²) in [5.74, 6) is -0.247. The smallest absolute Gasteiger partial charge is 0.357 e. The molecule has 6 nitrogen and oxygen atoms in total. The van der Waals surface area contributed by atoms with Crippen LogP contribution in [0.3, 0.4) is 0 Å². The summed E-state index contributed by atoms with van der Waals surface area (Å²) in [4.78, 5) is 21.9. The second kappa shape index (κ2) is 6.04. The number of oxime groups is 1. The van der Waals surface area contributed by atoms with E-state index in [0.29, 0.717) is 5.56 Å². The number of rotatable bonds is 3. The molecule has 1 saturated heterocycles. The van der Waals surface area contributed by atoms with Crippen molar-refractivity contribution >= 4 is 12.2 Å². The first-order valence-electron chi connectivity index (χ1n) is 7.36. The maximum atomic E-state index is 12.3. The average Bonchev–Trinajstić information content (AvgIpc) is 2.43. The highest BCUT2D eigenvalue weighted by molar-refractivity contribution is 5.88. The van der Waals surface area contributed by atoms with Gasteiger partial charge in [-0.1, -0.05) is 0 Å². The van der Waals surface area contributed by atoms with E-state index in [2.05, 4.69) is 10.1 Å². The molecule has 120 valence electrons. The molecule has 0 radical (unpaired) electrons. The van der Waals surface area contributed by atoms with Gasteiger partial charge in [0.15, 0.2) is 0 Å². The Morgan fingerprint density at radius 1 is 1.32 bits per heavy atom. The number of hydrogen-bond donors (Lipinski definition) is 1. The predicted molar refractivity (Wildman–Crippen MR) is 82.7 cm³/mol. The van der Waals surface area contributed by atoms with Crippen molar-refractivity contribution < 1.29 is 14.8 Å². The molecule has 0 atom stereocenters. The highest BCUT2D eigenvalue weighted by Crippen LogP contribution is 2.41. The summed E-state index contributed by atoms with van der Waals surface area (Å²) in [7, 11) is 0. The minimum atomic E-state index is -0.391. The Labute approximate surface area is 130 Å². The van der Waals surface area contributed by atoms with E-state index < -0.39 is 5.97 Å². The van der Waals surface area contributed by atoms with Gasteiger partial charge in [-0.2, -0.15) is 0 Å². The molecule has 0 amide bonds. The second-order valence-corrected chi connectivity index (χ2v) is 6.97. The number of aromatic nitrogens is 1. The monoisotopic (exact) mass is 305 g/mol. The Balaban J connectivity index is 2.20. The van der Waals surface area contributed by atoms with Crippen LogP contribution >= 0.6 is 0 Å². The first-order chi connectivity index (χ1) is 10.3. The summed E-state index contributed by atoms with van der Waals surface area (Å²) in [6, 6.07) is 3.26. The number of hydroxylamine groups is 2. The first-order valence-corrected chi connectivity index (χ1v) is 7.36. The number of pyridine rings is 1. The summed E-state index contributed by atoms with van der Waals surface area (Å²) >= 11 is 0. The second-order valence-electron chi connectivity index (χ2n) is 6.97. The Hall–Kier alpha value is -1.95. The van der Waals surface area contributed by atoms with E-state index in [0.717, 1.165) is 12.8 Å². The van der Waals surface area contributed by atoms with Crippen LogP contribution in [0.25, 0.3) is 0 Å². The molecule has 1 aliphatic rings. The lowest BCUT2D eigenvalue weighted by Gasteiger charge is -2.52. The van der Waals surface area contributed by atoms with Crippen molar-refractivity contribution in [1.82, 2.24) is 10.0 Å². The normalized spacial score (nSPS) is 21.8. The van der Waals surface area contributed by atoms with E-state index in [9.17, 15) is 4.79 Å². The molecule has 0 aliphatic carbocycles. The van der Waals surface area contributed by atoms with Crippen molar-refractivity contribution in [1.29, 1.82) is 0 Å². The summed E-state index contributed by atoms with van der Waals surface area (Å²) in [5, 5.41) is 13.7. The van der Waals surface area contributed by atoms with Crippen LogP contribution in [0.1, 0.15) is 50.9 Å². The Kier molecular flexibility index (Phi) is 4.51. The third-order valence-corrected chi connectivity index (χ3v) is 3.99. The van der Waals surface area contributed by atoms with E-state index >= 15 is 0 Å². The lowest BCUT2D eigenvalue weighted by atomic mass is 9.76. The minimum absolute atomic E-state index is 0.144. The van der Waals surface area contributed by atoms with Crippen molar-refractivity contribution in [2.75, 3.05) is 0 Å². The molecular formula is C16H23N3O3.